The second kappa shape index (κ2) is 22.1. The Morgan fingerprint density at radius 2 is 0.842 bits per heavy atom. The van der Waals surface area contributed by atoms with Crippen LogP contribution in [0.15, 0.2) is 91.0 Å². The van der Waals surface area contributed by atoms with Gasteiger partial charge in [0.25, 0.3) is 0 Å². The van der Waals surface area contributed by atoms with E-state index in [9.17, 15) is 24.0 Å². The first-order valence-electron chi connectivity index (χ1n) is 20.1. The number of nitrogens with zero attached hydrogens (tertiary/aromatic N) is 4. The average Bonchev–Trinajstić information content (AvgIpc) is 3.19. The Kier molecular flexibility index (Phi) is 17.9. The van der Waals surface area contributed by atoms with Crippen molar-refractivity contribution in [2.75, 3.05) is 41.8 Å². The zero-order chi connectivity index (χ0) is 42.4. The van der Waals surface area contributed by atoms with Crippen LogP contribution in [-0.2, 0) is 43.2 Å². The average molecular weight is 783 g/mol. The first-order chi connectivity index (χ1) is 27.0. The maximum Gasteiger partial charge on any atom is 0.246 e. The lowest BCUT2D eigenvalue weighted by atomic mass is 9.94. The predicted octanol–water partition coefficient (Wildman–Crippen LogP) is 4.69. The fourth-order valence-corrected chi connectivity index (χ4v) is 7.63. The summed E-state index contributed by atoms with van der Waals surface area (Å²) in [5.74, 6) is -2.56. The van der Waals surface area contributed by atoms with Crippen molar-refractivity contribution in [3.63, 3.8) is 0 Å². The van der Waals surface area contributed by atoms with Crippen LogP contribution >= 0.6 is 0 Å². The van der Waals surface area contributed by atoms with Gasteiger partial charge in [-0.15, -0.1) is 0 Å². The molecule has 0 saturated carbocycles. The number of carbonyl (C=O) groups excluding carboxylic acids is 5. The van der Waals surface area contributed by atoms with Crippen LogP contribution in [0.1, 0.15) is 58.2 Å². The van der Waals surface area contributed by atoms with Gasteiger partial charge < -0.3 is 30.2 Å². The molecule has 0 aliphatic heterocycles. The van der Waals surface area contributed by atoms with Gasteiger partial charge in [0.05, 0.1) is 6.04 Å². The van der Waals surface area contributed by atoms with Crippen molar-refractivity contribution in [3.05, 3.63) is 108 Å². The lowest BCUT2D eigenvalue weighted by Crippen LogP contribution is -2.62. The van der Waals surface area contributed by atoms with E-state index in [1.54, 1.807) is 35.2 Å². The van der Waals surface area contributed by atoms with Crippen molar-refractivity contribution in [2.24, 2.45) is 17.8 Å². The largest absolute Gasteiger partial charge is 0.354 e. The number of amides is 5. The highest BCUT2D eigenvalue weighted by Crippen LogP contribution is 2.23. The molecule has 0 fully saturated rings. The molecule has 3 aromatic rings. The van der Waals surface area contributed by atoms with Gasteiger partial charge in [-0.05, 0) is 54.3 Å². The van der Waals surface area contributed by atoms with Crippen LogP contribution in [0.4, 0.5) is 0 Å². The molecule has 0 heterocycles. The van der Waals surface area contributed by atoms with Gasteiger partial charge in [0.15, 0.2) is 0 Å². The second-order valence-corrected chi connectivity index (χ2v) is 16.1. The minimum Gasteiger partial charge on any atom is -0.354 e. The minimum absolute atomic E-state index is 0.228. The quantitative estimate of drug-likeness (QED) is 0.172. The van der Waals surface area contributed by atoms with Crippen LogP contribution < -0.4 is 10.6 Å². The number of nitrogens with one attached hydrogen (secondary N) is 2. The summed E-state index contributed by atoms with van der Waals surface area (Å²) in [6.45, 7) is 11.6. The van der Waals surface area contributed by atoms with Gasteiger partial charge in [-0.1, -0.05) is 133 Å². The summed E-state index contributed by atoms with van der Waals surface area (Å²) in [4.78, 5) is 77.2. The molecular weight excluding hydrogens is 717 g/mol. The predicted molar refractivity (Wildman–Crippen MR) is 227 cm³/mol. The number of benzene rings is 3. The highest BCUT2D eigenvalue weighted by Gasteiger charge is 2.43. The highest BCUT2D eigenvalue weighted by atomic mass is 16.2. The summed E-state index contributed by atoms with van der Waals surface area (Å²) in [7, 11) is 8.17. The van der Waals surface area contributed by atoms with Crippen LogP contribution in [0.25, 0.3) is 0 Å². The third kappa shape index (κ3) is 12.5. The van der Waals surface area contributed by atoms with Crippen LogP contribution in [0.2, 0.25) is 0 Å². The fraction of sp³-hybridized carbons (Fsp3) is 0.500. The smallest absolute Gasteiger partial charge is 0.246 e. The van der Waals surface area contributed by atoms with Crippen molar-refractivity contribution in [1.29, 1.82) is 0 Å². The van der Waals surface area contributed by atoms with E-state index in [0.717, 1.165) is 16.7 Å². The molecule has 11 nitrogen and oxygen atoms in total. The number of likely N-dealkylation sites (N-methyl/N-ethyl adjacent to an activating group) is 5. The zero-order valence-electron chi connectivity index (χ0n) is 35.9. The third-order valence-corrected chi connectivity index (χ3v) is 10.8. The molecular formula is C46H66N6O5. The number of hydrogen-bond donors (Lipinski definition) is 2. The topological polar surface area (TPSA) is 122 Å². The maximum absolute atomic E-state index is 14.6. The molecule has 0 bridgehead atoms. The summed E-state index contributed by atoms with van der Waals surface area (Å²) in [5.41, 5.74) is 2.98. The molecule has 11 heteroatoms. The molecule has 0 radical (unpaired) electrons. The first-order valence-corrected chi connectivity index (χ1v) is 20.1. The van der Waals surface area contributed by atoms with Crippen molar-refractivity contribution in [3.8, 4) is 0 Å². The van der Waals surface area contributed by atoms with Gasteiger partial charge in [-0.3, -0.25) is 24.0 Å². The summed E-state index contributed by atoms with van der Waals surface area (Å²) in [6.07, 6.45) is 1.38. The standard InChI is InChI=1S/C46H66N6O5/c1-31(2)39(44(55)49(8)38(30-36-25-19-14-20-26-36)42(53)48-28-27-34-21-15-12-16-22-34)51(10)46(57)41(33(5)6)52(11)45(56)40(32(3)4)50(9)43(54)37(47-7)29-35-23-17-13-18-24-35/h12-26,31-33,37-41,47H,27-30H2,1-11H3,(H,48,53)/t37-,38-,39-,40-,41-/m0/s1. The molecule has 0 spiro atoms. The van der Waals surface area contributed by atoms with Gasteiger partial charge in [0, 0.05) is 41.2 Å². The maximum atomic E-state index is 14.6. The summed E-state index contributed by atoms with van der Waals surface area (Å²) < 4.78 is 0. The first kappa shape index (κ1) is 46.4. The molecule has 3 rings (SSSR count). The van der Waals surface area contributed by atoms with Gasteiger partial charge in [0.1, 0.15) is 24.2 Å². The highest BCUT2D eigenvalue weighted by molar-refractivity contribution is 5.96. The Morgan fingerprint density at radius 3 is 1.23 bits per heavy atom. The van der Waals surface area contributed by atoms with Gasteiger partial charge in [-0.25, -0.2) is 0 Å². The van der Waals surface area contributed by atoms with Crippen LogP contribution in [0, 0.1) is 17.8 Å². The van der Waals surface area contributed by atoms with Crippen LogP contribution in [0.5, 0.6) is 0 Å². The SMILES string of the molecule is CN[C@@H](Cc1ccccc1)C(=O)N(C)[C@H](C(=O)N(C)[C@H](C(=O)N(C)[C@H](C(=O)N(C)[C@@H](Cc1ccccc1)C(=O)NCCc1ccccc1)C(C)C)C(C)C)C(C)C. The second-order valence-electron chi connectivity index (χ2n) is 16.1. The van der Waals surface area contributed by atoms with E-state index in [4.69, 9.17) is 0 Å². The summed E-state index contributed by atoms with van der Waals surface area (Å²) in [6, 6.07) is 25.0. The monoisotopic (exact) mass is 783 g/mol. The molecule has 0 aliphatic carbocycles. The van der Waals surface area contributed by atoms with Gasteiger partial charge in [0.2, 0.25) is 29.5 Å². The van der Waals surface area contributed by atoms with Gasteiger partial charge >= 0.3 is 0 Å². The van der Waals surface area contributed by atoms with E-state index in [2.05, 4.69) is 10.6 Å². The molecule has 3 aromatic carbocycles. The van der Waals surface area contributed by atoms with E-state index in [-0.39, 0.29) is 47.8 Å². The molecule has 2 N–H and O–H groups in total. The zero-order valence-corrected chi connectivity index (χ0v) is 35.9. The molecule has 0 aromatic heterocycles. The minimum atomic E-state index is -0.933. The van der Waals surface area contributed by atoms with Crippen molar-refractivity contribution in [2.45, 2.75) is 91.0 Å². The Morgan fingerprint density at radius 1 is 0.491 bits per heavy atom. The van der Waals surface area contributed by atoms with E-state index in [1.807, 2.05) is 133 Å². The third-order valence-electron chi connectivity index (χ3n) is 10.8. The lowest BCUT2D eigenvalue weighted by Gasteiger charge is -2.41. The van der Waals surface area contributed by atoms with E-state index in [0.29, 0.717) is 19.4 Å². The summed E-state index contributed by atoms with van der Waals surface area (Å²) >= 11 is 0. The van der Waals surface area contributed by atoms with Crippen molar-refractivity contribution < 1.29 is 24.0 Å². The van der Waals surface area contributed by atoms with Gasteiger partial charge in [-0.2, -0.15) is 0 Å². The molecule has 57 heavy (non-hydrogen) atoms. The molecule has 0 unspecified atom stereocenters. The Hall–Kier alpha value is -5.03. The fourth-order valence-electron chi connectivity index (χ4n) is 7.63. The van der Waals surface area contributed by atoms with E-state index >= 15 is 0 Å². The molecule has 5 atom stereocenters. The lowest BCUT2D eigenvalue weighted by molar-refractivity contribution is -0.157. The Labute approximate surface area is 341 Å². The molecule has 310 valence electrons. The molecule has 0 saturated heterocycles. The number of hydrogen-bond acceptors (Lipinski definition) is 6. The Balaban J connectivity index is 1.86. The molecule has 5 amide bonds. The Bertz CT molecular complexity index is 1740. The van der Waals surface area contributed by atoms with E-state index in [1.165, 1.54) is 19.6 Å². The van der Waals surface area contributed by atoms with Crippen LogP contribution in [-0.4, -0.2) is 121 Å². The van der Waals surface area contributed by atoms with Crippen molar-refractivity contribution in [1.82, 2.24) is 30.2 Å². The van der Waals surface area contributed by atoms with Crippen LogP contribution in [0.3, 0.4) is 0 Å². The normalized spacial score (nSPS) is 14.0. The summed E-state index contributed by atoms with van der Waals surface area (Å²) in [5, 5.41) is 6.15. The number of carbonyl (C=O) groups is 5. The molecule has 0 aliphatic rings. The van der Waals surface area contributed by atoms with Crippen molar-refractivity contribution >= 4 is 29.5 Å². The number of rotatable bonds is 20. The van der Waals surface area contributed by atoms with E-state index < -0.39 is 36.1 Å².